The van der Waals surface area contributed by atoms with Crippen molar-refractivity contribution in [2.45, 2.75) is 68.5 Å². The van der Waals surface area contributed by atoms with Crippen molar-refractivity contribution < 1.29 is 22.8 Å². The molecule has 1 heterocycles. The molecule has 3 aromatic carbocycles. The third-order valence-electron chi connectivity index (χ3n) is 8.03. The maximum absolute atomic E-state index is 14.0. The lowest BCUT2D eigenvalue weighted by Crippen LogP contribution is -2.52. The van der Waals surface area contributed by atoms with E-state index in [2.05, 4.69) is 5.32 Å². The molecular weight excluding hydrogens is 609 g/mol. The highest BCUT2D eigenvalue weighted by Crippen LogP contribution is 2.31. The number of amides is 3. The van der Waals surface area contributed by atoms with Crippen molar-refractivity contribution in [2.75, 3.05) is 6.54 Å². The van der Waals surface area contributed by atoms with Crippen LogP contribution in [0.2, 0.25) is 10.0 Å². The molecule has 2 aliphatic rings. The Morgan fingerprint density at radius 1 is 0.930 bits per heavy atom. The SMILES string of the molecule is O=C(NC1CCCC1)[C@H](Cc1ccccc1)N(Cc1c(Cl)cccc1Cl)C(=O)CCCN1C(=O)c2ccccc2S1(=O)=O. The summed E-state index contributed by atoms with van der Waals surface area (Å²) in [4.78, 5) is 42.2. The van der Waals surface area contributed by atoms with Crippen LogP contribution in [0.4, 0.5) is 0 Å². The Labute approximate surface area is 262 Å². The molecule has 0 radical (unpaired) electrons. The van der Waals surface area contributed by atoms with Crippen molar-refractivity contribution in [1.82, 2.24) is 14.5 Å². The van der Waals surface area contributed by atoms with Gasteiger partial charge >= 0.3 is 0 Å². The largest absolute Gasteiger partial charge is 0.352 e. The molecule has 1 fully saturated rings. The fourth-order valence-electron chi connectivity index (χ4n) is 5.74. The fourth-order valence-corrected chi connectivity index (χ4v) is 7.87. The molecule has 0 unspecified atom stereocenters. The van der Waals surface area contributed by atoms with E-state index in [-0.39, 0.29) is 60.7 Å². The first-order valence-corrected chi connectivity index (χ1v) is 16.6. The van der Waals surface area contributed by atoms with Gasteiger partial charge in [-0.2, -0.15) is 0 Å². The van der Waals surface area contributed by atoms with Crippen LogP contribution in [0.3, 0.4) is 0 Å². The van der Waals surface area contributed by atoms with Gasteiger partial charge in [0.2, 0.25) is 11.8 Å². The second-order valence-electron chi connectivity index (χ2n) is 10.9. The highest BCUT2D eigenvalue weighted by atomic mass is 35.5. The lowest BCUT2D eigenvalue weighted by molar-refractivity contribution is -0.141. The predicted molar refractivity (Wildman–Crippen MR) is 165 cm³/mol. The van der Waals surface area contributed by atoms with Crippen LogP contribution in [0.1, 0.15) is 60.0 Å². The Hall–Kier alpha value is -3.40. The number of benzene rings is 3. The normalized spacial score (nSPS) is 16.6. The number of carbonyl (C=O) groups excluding carboxylic acids is 3. The van der Waals surface area contributed by atoms with Crippen LogP contribution >= 0.6 is 23.2 Å². The number of rotatable bonds is 11. The molecule has 1 aliphatic heterocycles. The zero-order valence-electron chi connectivity index (χ0n) is 23.5. The molecule has 1 atom stereocenters. The smallest absolute Gasteiger partial charge is 0.269 e. The third kappa shape index (κ3) is 6.89. The van der Waals surface area contributed by atoms with Crippen LogP contribution in [0.15, 0.2) is 77.7 Å². The number of hydrogen-bond donors (Lipinski definition) is 1. The summed E-state index contributed by atoms with van der Waals surface area (Å²) in [6.07, 6.45) is 4.08. The van der Waals surface area contributed by atoms with Gasteiger partial charge in [-0.05, 0) is 49.1 Å². The molecule has 43 heavy (non-hydrogen) atoms. The van der Waals surface area contributed by atoms with Crippen molar-refractivity contribution in [2.24, 2.45) is 0 Å². The first-order chi connectivity index (χ1) is 20.7. The average molecular weight is 643 g/mol. The number of halogens is 2. The minimum Gasteiger partial charge on any atom is -0.352 e. The first-order valence-electron chi connectivity index (χ1n) is 14.4. The monoisotopic (exact) mass is 641 g/mol. The van der Waals surface area contributed by atoms with E-state index in [1.165, 1.54) is 17.0 Å². The summed E-state index contributed by atoms with van der Waals surface area (Å²) < 4.78 is 26.8. The molecule has 0 aromatic heterocycles. The van der Waals surface area contributed by atoms with Crippen molar-refractivity contribution in [3.63, 3.8) is 0 Å². The van der Waals surface area contributed by atoms with E-state index >= 15 is 0 Å². The van der Waals surface area contributed by atoms with Gasteiger partial charge in [-0.15, -0.1) is 0 Å². The van der Waals surface area contributed by atoms with E-state index in [0.717, 1.165) is 35.6 Å². The molecule has 0 saturated heterocycles. The first kappa shape index (κ1) is 31.0. The van der Waals surface area contributed by atoms with E-state index in [9.17, 15) is 22.8 Å². The maximum atomic E-state index is 14.0. The molecule has 8 nitrogen and oxygen atoms in total. The molecular formula is C32H33Cl2N3O5S. The lowest BCUT2D eigenvalue weighted by atomic mass is 10.0. The van der Waals surface area contributed by atoms with E-state index in [0.29, 0.717) is 15.6 Å². The molecule has 1 N–H and O–H groups in total. The Balaban J connectivity index is 1.40. The van der Waals surface area contributed by atoms with Gasteiger partial charge in [-0.3, -0.25) is 14.4 Å². The average Bonchev–Trinajstić information content (AvgIpc) is 3.57. The second-order valence-corrected chi connectivity index (χ2v) is 13.5. The zero-order chi connectivity index (χ0) is 30.6. The van der Waals surface area contributed by atoms with E-state index in [1.807, 2.05) is 30.3 Å². The van der Waals surface area contributed by atoms with Gasteiger partial charge in [0.15, 0.2) is 0 Å². The van der Waals surface area contributed by atoms with Gasteiger partial charge in [0.05, 0.1) is 5.56 Å². The molecule has 1 saturated carbocycles. The summed E-state index contributed by atoms with van der Waals surface area (Å²) >= 11 is 13.0. The Morgan fingerprint density at radius 2 is 1.58 bits per heavy atom. The second kappa shape index (κ2) is 13.5. The fraction of sp³-hybridized carbons (Fsp3) is 0.344. The van der Waals surface area contributed by atoms with Gasteiger partial charge in [0.1, 0.15) is 10.9 Å². The molecule has 5 rings (SSSR count). The molecule has 1 aliphatic carbocycles. The van der Waals surface area contributed by atoms with E-state index in [1.54, 1.807) is 30.3 Å². The van der Waals surface area contributed by atoms with E-state index in [4.69, 9.17) is 23.2 Å². The predicted octanol–water partition coefficient (Wildman–Crippen LogP) is 5.62. The van der Waals surface area contributed by atoms with E-state index < -0.39 is 22.0 Å². The number of carbonyl (C=O) groups is 3. The molecule has 0 bridgehead atoms. The number of nitrogens with zero attached hydrogens (tertiary/aromatic N) is 2. The Bertz CT molecular complexity index is 1590. The van der Waals surface area contributed by atoms with Crippen molar-refractivity contribution in [1.29, 1.82) is 0 Å². The van der Waals surface area contributed by atoms with Gasteiger partial charge in [-0.25, -0.2) is 12.7 Å². The standard InChI is InChI=1S/C32H33Cl2N3O5S/c33-26-15-8-16-27(34)25(26)21-36(28(20-22-10-2-1-3-11-22)31(39)35-23-12-4-5-13-23)30(38)18-9-19-37-32(40)24-14-6-7-17-29(24)43(37,41)42/h1-3,6-8,10-11,14-17,23,28H,4-5,9,12-13,18-21H2,(H,35,39)/t28-/m0/s1. The molecule has 3 aromatic rings. The van der Waals surface area contributed by atoms with Gasteiger partial charge in [0.25, 0.3) is 15.9 Å². The van der Waals surface area contributed by atoms with Gasteiger partial charge in [-0.1, -0.05) is 84.6 Å². The summed E-state index contributed by atoms with van der Waals surface area (Å²) in [6, 6.07) is 19.7. The Kier molecular flexibility index (Phi) is 9.74. The molecule has 11 heteroatoms. The van der Waals surface area contributed by atoms with Crippen molar-refractivity contribution >= 4 is 50.9 Å². The van der Waals surface area contributed by atoms with Crippen LogP contribution in [0.5, 0.6) is 0 Å². The summed E-state index contributed by atoms with van der Waals surface area (Å²) in [5.74, 6) is -1.25. The molecule has 3 amide bonds. The van der Waals surface area contributed by atoms with Crippen molar-refractivity contribution in [3.05, 3.63) is 99.5 Å². The number of hydrogen-bond acceptors (Lipinski definition) is 5. The third-order valence-corrected chi connectivity index (χ3v) is 10.6. The molecule has 226 valence electrons. The van der Waals surface area contributed by atoms with Crippen molar-refractivity contribution in [3.8, 4) is 0 Å². The van der Waals surface area contributed by atoms with Crippen LogP contribution in [0.25, 0.3) is 0 Å². The lowest BCUT2D eigenvalue weighted by Gasteiger charge is -2.33. The summed E-state index contributed by atoms with van der Waals surface area (Å²) in [5, 5.41) is 3.88. The number of sulfonamides is 1. The van der Waals surface area contributed by atoms with Crippen LogP contribution in [-0.4, -0.2) is 54.0 Å². The summed E-state index contributed by atoms with van der Waals surface area (Å²) in [7, 11) is -4.00. The summed E-state index contributed by atoms with van der Waals surface area (Å²) in [6.45, 7) is -0.181. The topological polar surface area (TPSA) is 104 Å². The molecule has 0 spiro atoms. The summed E-state index contributed by atoms with van der Waals surface area (Å²) in [5.41, 5.74) is 1.51. The highest BCUT2D eigenvalue weighted by molar-refractivity contribution is 7.90. The zero-order valence-corrected chi connectivity index (χ0v) is 25.9. The van der Waals surface area contributed by atoms with Crippen LogP contribution in [-0.2, 0) is 32.6 Å². The van der Waals surface area contributed by atoms with Crippen LogP contribution in [0, 0.1) is 0 Å². The van der Waals surface area contributed by atoms with Gasteiger partial charge in [0, 0.05) is 47.6 Å². The van der Waals surface area contributed by atoms with Gasteiger partial charge < -0.3 is 10.2 Å². The minimum absolute atomic E-state index is 0.0146. The number of nitrogens with one attached hydrogen (secondary N) is 1. The number of fused-ring (bicyclic) bond motifs is 1. The minimum atomic E-state index is -4.00. The Morgan fingerprint density at radius 3 is 2.26 bits per heavy atom. The highest BCUT2D eigenvalue weighted by Gasteiger charge is 2.40. The quantitative estimate of drug-likeness (QED) is 0.293. The maximum Gasteiger partial charge on any atom is 0.269 e. The van der Waals surface area contributed by atoms with Crippen LogP contribution < -0.4 is 5.32 Å².